The maximum atomic E-state index is 3.61. The number of hydrogen-bond donors (Lipinski definition) is 1. The molecule has 0 saturated carbocycles. The molecule has 2 heteroatoms. The molecule has 0 bridgehead atoms. The highest BCUT2D eigenvalue weighted by molar-refractivity contribution is 7.07. The lowest BCUT2D eigenvalue weighted by Crippen LogP contribution is -2.21. The second-order valence-electron chi connectivity index (χ2n) is 3.71. The first-order valence-electron chi connectivity index (χ1n) is 5.64. The van der Waals surface area contributed by atoms with Crippen LogP contribution in [0.2, 0.25) is 0 Å². The van der Waals surface area contributed by atoms with E-state index < -0.39 is 0 Å². The highest BCUT2D eigenvalue weighted by Gasteiger charge is 2.09. The Labute approximate surface area is 91.5 Å². The van der Waals surface area contributed by atoms with Gasteiger partial charge in [-0.05, 0) is 41.8 Å². The molecule has 1 N–H and O–H groups in total. The molecule has 0 radical (unpaired) electrons. The van der Waals surface area contributed by atoms with Gasteiger partial charge in [-0.15, -0.1) is 0 Å². The number of nitrogens with one attached hydrogen (secondary N) is 1. The summed E-state index contributed by atoms with van der Waals surface area (Å²) in [6.07, 6.45) is 5.09. The minimum atomic E-state index is 0.584. The zero-order chi connectivity index (χ0) is 10.2. The van der Waals surface area contributed by atoms with Gasteiger partial charge in [0.05, 0.1) is 0 Å². The zero-order valence-electron chi connectivity index (χ0n) is 9.25. The van der Waals surface area contributed by atoms with Gasteiger partial charge in [0.2, 0.25) is 0 Å². The minimum Gasteiger partial charge on any atom is -0.310 e. The molecule has 0 aliphatic rings. The molecule has 0 aliphatic heterocycles. The highest BCUT2D eigenvalue weighted by Crippen LogP contribution is 2.21. The van der Waals surface area contributed by atoms with Gasteiger partial charge in [0.1, 0.15) is 0 Å². The Hall–Kier alpha value is -0.340. The van der Waals surface area contributed by atoms with Gasteiger partial charge >= 0.3 is 0 Å². The Balaban J connectivity index is 2.44. The number of thiophene rings is 1. The van der Waals surface area contributed by atoms with Crippen molar-refractivity contribution in [2.24, 2.45) is 0 Å². The average Bonchev–Trinajstić information content (AvgIpc) is 2.71. The van der Waals surface area contributed by atoms with E-state index in [1.54, 1.807) is 11.3 Å². The van der Waals surface area contributed by atoms with Crippen molar-refractivity contribution >= 4 is 11.3 Å². The zero-order valence-corrected chi connectivity index (χ0v) is 10.1. The maximum Gasteiger partial charge on any atom is 0.0328 e. The lowest BCUT2D eigenvalue weighted by Gasteiger charge is -2.16. The highest BCUT2D eigenvalue weighted by atomic mass is 32.1. The molecule has 0 fully saturated rings. The Bertz CT molecular complexity index is 210. The van der Waals surface area contributed by atoms with Crippen LogP contribution in [0.25, 0.3) is 0 Å². The number of hydrogen-bond acceptors (Lipinski definition) is 2. The van der Waals surface area contributed by atoms with E-state index in [9.17, 15) is 0 Å². The first-order valence-corrected chi connectivity index (χ1v) is 6.58. The van der Waals surface area contributed by atoms with E-state index in [1.165, 1.54) is 31.2 Å². The fourth-order valence-electron chi connectivity index (χ4n) is 1.59. The summed E-state index contributed by atoms with van der Waals surface area (Å²) in [5.74, 6) is 0. The van der Waals surface area contributed by atoms with Crippen LogP contribution >= 0.6 is 11.3 Å². The molecule has 1 nitrogen and oxygen atoms in total. The van der Waals surface area contributed by atoms with Gasteiger partial charge in [-0.25, -0.2) is 0 Å². The van der Waals surface area contributed by atoms with E-state index in [2.05, 4.69) is 36.0 Å². The quantitative estimate of drug-likeness (QED) is 0.719. The minimum absolute atomic E-state index is 0.584. The van der Waals surface area contributed by atoms with Crippen molar-refractivity contribution in [3.05, 3.63) is 22.4 Å². The van der Waals surface area contributed by atoms with Crippen LogP contribution in [0.1, 0.15) is 51.1 Å². The third-order valence-electron chi connectivity index (χ3n) is 2.43. The van der Waals surface area contributed by atoms with Gasteiger partial charge in [0.15, 0.2) is 0 Å². The first kappa shape index (κ1) is 11.7. The molecule has 1 aromatic heterocycles. The predicted octanol–water partition coefficient (Wildman–Crippen LogP) is 3.98. The van der Waals surface area contributed by atoms with Crippen LogP contribution in [0.15, 0.2) is 16.8 Å². The molecular formula is C12H21NS. The fourth-order valence-corrected chi connectivity index (χ4v) is 2.30. The van der Waals surface area contributed by atoms with Crippen molar-refractivity contribution in [1.29, 1.82) is 0 Å². The molecule has 14 heavy (non-hydrogen) atoms. The molecule has 1 atom stereocenters. The monoisotopic (exact) mass is 211 g/mol. The second-order valence-corrected chi connectivity index (χ2v) is 4.49. The smallest absolute Gasteiger partial charge is 0.0328 e. The van der Waals surface area contributed by atoms with E-state index in [0.717, 1.165) is 6.54 Å². The summed E-state index contributed by atoms with van der Waals surface area (Å²) in [4.78, 5) is 0. The van der Waals surface area contributed by atoms with E-state index in [-0.39, 0.29) is 0 Å². The largest absolute Gasteiger partial charge is 0.310 e. The maximum absolute atomic E-state index is 3.61. The van der Waals surface area contributed by atoms with Crippen molar-refractivity contribution in [3.63, 3.8) is 0 Å². The molecule has 1 unspecified atom stereocenters. The molecule has 0 saturated heterocycles. The summed E-state index contributed by atoms with van der Waals surface area (Å²) in [6.45, 7) is 5.60. The van der Waals surface area contributed by atoms with Crippen LogP contribution in [0.5, 0.6) is 0 Å². The van der Waals surface area contributed by atoms with Gasteiger partial charge in [0.25, 0.3) is 0 Å². The summed E-state index contributed by atoms with van der Waals surface area (Å²) in [5, 5.41) is 8.05. The Kier molecular flexibility index (Phi) is 5.88. The van der Waals surface area contributed by atoms with Crippen molar-refractivity contribution in [3.8, 4) is 0 Å². The van der Waals surface area contributed by atoms with Crippen molar-refractivity contribution in [2.45, 2.75) is 45.6 Å². The Morgan fingerprint density at radius 1 is 1.36 bits per heavy atom. The summed E-state index contributed by atoms with van der Waals surface area (Å²) in [6, 6.07) is 2.83. The van der Waals surface area contributed by atoms with Crippen molar-refractivity contribution in [2.75, 3.05) is 6.54 Å². The van der Waals surface area contributed by atoms with Crippen LogP contribution in [0.4, 0.5) is 0 Å². The van der Waals surface area contributed by atoms with Crippen LogP contribution in [0.3, 0.4) is 0 Å². The lowest BCUT2D eigenvalue weighted by atomic mass is 10.0. The molecule has 0 amide bonds. The summed E-state index contributed by atoms with van der Waals surface area (Å²) >= 11 is 1.79. The molecule has 0 aromatic carbocycles. The van der Waals surface area contributed by atoms with Gasteiger partial charge in [-0.3, -0.25) is 0 Å². The van der Waals surface area contributed by atoms with Crippen LogP contribution in [0, 0.1) is 0 Å². The van der Waals surface area contributed by atoms with Gasteiger partial charge in [0, 0.05) is 6.04 Å². The van der Waals surface area contributed by atoms with Crippen LogP contribution in [-0.4, -0.2) is 6.54 Å². The first-order chi connectivity index (χ1) is 6.88. The molecule has 1 heterocycles. The average molecular weight is 211 g/mol. The van der Waals surface area contributed by atoms with Gasteiger partial charge in [-0.2, -0.15) is 11.3 Å². The molecule has 1 aromatic rings. The summed E-state index contributed by atoms with van der Waals surface area (Å²) in [7, 11) is 0. The predicted molar refractivity (Wildman–Crippen MR) is 64.9 cm³/mol. The molecule has 0 aliphatic carbocycles. The third kappa shape index (κ3) is 3.81. The van der Waals surface area contributed by atoms with E-state index in [0.29, 0.717) is 6.04 Å². The molecular weight excluding hydrogens is 190 g/mol. The second kappa shape index (κ2) is 7.02. The van der Waals surface area contributed by atoms with Crippen molar-refractivity contribution in [1.82, 2.24) is 5.32 Å². The number of unbranched alkanes of at least 4 members (excludes halogenated alkanes) is 1. The topological polar surface area (TPSA) is 12.0 Å². The Morgan fingerprint density at radius 3 is 2.79 bits per heavy atom. The van der Waals surface area contributed by atoms with Crippen LogP contribution < -0.4 is 5.32 Å². The van der Waals surface area contributed by atoms with Gasteiger partial charge in [-0.1, -0.05) is 26.7 Å². The molecule has 0 spiro atoms. The third-order valence-corrected chi connectivity index (χ3v) is 3.13. The molecule has 80 valence electrons. The van der Waals surface area contributed by atoms with Crippen molar-refractivity contribution < 1.29 is 0 Å². The lowest BCUT2D eigenvalue weighted by molar-refractivity contribution is 0.482. The summed E-state index contributed by atoms with van der Waals surface area (Å²) in [5.41, 5.74) is 1.47. The fraction of sp³-hybridized carbons (Fsp3) is 0.667. The van der Waals surface area contributed by atoms with Crippen LogP contribution in [-0.2, 0) is 0 Å². The summed E-state index contributed by atoms with van der Waals surface area (Å²) < 4.78 is 0. The molecule has 1 rings (SSSR count). The Morgan fingerprint density at radius 2 is 2.21 bits per heavy atom. The number of rotatable bonds is 7. The SMILES string of the molecule is CCCCC(NCCC)c1ccsc1. The standard InChI is InChI=1S/C12H21NS/c1-3-5-6-12(13-8-4-2)11-7-9-14-10-11/h7,9-10,12-13H,3-6,8H2,1-2H3. The normalized spacial score (nSPS) is 13.0. The van der Waals surface area contributed by atoms with E-state index >= 15 is 0 Å². The van der Waals surface area contributed by atoms with Gasteiger partial charge < -0.3 is 5.32 Å². The van der Waals surface area contributed by atoms with E-state index in [4.69, 9.17) is 0 Å². The van der Waals surface area contributed by atoms with E-state index in [1.807, 2.05) is 0 Å².